The third-order valence-electron chi connectivity index (χ3n) is 3.28. The highest BCUT2D eigenvalue weighted by atomic mass is 16.3. The topological polar surface area (TPSA) is 80.0 Å². The Labute approximate surface area is 126 Å². The van der Waals surface area contributed by atoms with Crippen molar-refractivity contribution in [1.82, 2.24) is 20.3 Å². The van der Waals surface area contributed by atoms with Crippen LogP contribution in [0, 0.1) is 11.3 Å². The summed E-state index contributed by atoms with van der Waals surface area (Å²) in [6, 6.07) is 0. The van der Waals surface area contributed by atoms with Gasteiger partial charge in [-0.1, -0.05) is 32.9 Å². The molecule has 0 aliphatic rings. The quantitative estimate of drug-likeness (QED) is 0.767. The molecule has 0 fully saturated rings. The summed E-state index contributed by atoms with van der Waals surface area (Å²) in [6.45, 7) is 11.3. The molecule has 0 aliphatic carbocycles. The minimum Gasteiger partial charge on any atom is -0.393 e. The minimum atomic E-state index is -0.381. The van der Waals surface area contributed by atoms with E-state index in [1.165, 1.54) is 0 Å². The highest BCUT2D eigenvalue weighted by molar-refractivity contribution is 5.91. The van der Waals surface area contributed by atoms with Gasteiger partial charge in [-0.2, -0.15) is 0 Å². The average Bonchev–Trinajstić information content (AvgIpc) is 2.81. The molecule has 0 saturated carbocycles. The van der Waals surface area contributed by atoms with E-state index in [2.05, 4.69) is 29.5 Å². The highest BCUT2D eigenvalue weighted by Crippen LogP contribution is 2.21. The second kappa shape index (κ2) is 7.54. The molecule has 0 aromatic carbocycles. The largest absolute Gasteiger partial charge is 0.393 e. The maximum atomic E-state index is 12.0. The number of hydrogen-bond acceptors (Lipinski definition) is 4. The van der Waals surface area contributed by atoms with Crippen LogP contribution in [0.4, 0.5) is 0 Å². The molecule has 0 saturated heterocycles. The van der Waals surface area contributed by atoms with Crippen LogP contribution >= 0.6 is 0 Å². The van der Waals surface area contributed by atoms with Crippen LogP contribution in [0.3, 0.4) is 0 Å². The number of aromatic nitrogens is 3. The van der Waals surface area contributed by atoms with E-state index in [0.29, 0.717) is 24.6 Å². The van der Waals surface area contributed by atoms with Crippen LogP contribution in [-0.4, -0.2) is 38.7 Å². The van der Waals surface area contributed by atoms with Gasteiger partial charge in [0.1, 0.15) is 0 Å². The summed E-state index contributed by atoms with van der Waals surface area (Å²) in [4.78, 5) is 12.0. The standard InChI is InChI=1S/C15H28N4O2/c1-11(2)6-7-19-9-13(17-18-19)14(21)16-10-15(4,5)8-12(3)20/h9,11-12,20H,6-8,10H2,1-5H3,(H,16,21). The summed E-state index contributed by atoms with van der Waals surface area (Å²) in [5.74, 6) is 0.372. The number of aliphatic hydroxyl groups is 1. The Morgan fingerprint density at radius 1 is 1.43 bits per heavy atom. The molecule has 120 valence electrons. The van der Waals surface area contributed by atoms with Crippen molar-refractivity contribution in [3.63, 3.8) is 0 Å². The zero-order valence-electron chi connectivity index (χ0n) is 13.8. The molecule has 2 N–H and O–H groups in total. The maximum absolute atomic E-state index is 12.0. The summed E-state index contributed by atoms with van der Waals surface area (Å²) < 4.78 is 1.70. The van der Waals surface area contributed by atoms with Crippen LogP contribution in [0.1, 0.15) is 57.9 Å². The van der Waals surface area contributed by atoms with Gasteiger partial charge in [0, 0.05) is 13.1 Å². The number of aliphatic hydroxyl groups excluding tert-OH is 1. The zero-order chi connectivity index (χ0) is 16.0. The first-order valence-corrected chi connectivity index (χ1v) is 7.56. The van der Waals surface area contributed by atoms with Crippen molar-refractivity contribution in [3.8, 4) is 0 Å². The molecule has 0 spiro atoms. The summed E-state index contributed by atoms with van der Waals surface area (Å²) in [5.41, 5.74) is 0.184. The van der Waals surface area contributed by atoms with Crippen LogP contribution in [-0.2, 0) is 6.54 Å². The molecule has 1 unspecified atom stereocenters. The third-order valence-corrected chi connectivity index (χ3v) is 3.28. The first-order valence-electron chi connectivity index (χ1n) is 7.56. The predicted octanol–water partition coefficient (Wildman–Crippen LogP) is 1.85. The fourth-order valence-corrected chi connectivity index (χ4v) is 2.18. The lowest BCUT2D eigenvalue weighted by Crippen LogP contribution is -2.35. The molecule has 6 heteroatoms. The van der Waals surface area contributed by atoms with E-state index < -0.39 is 0 Å². The Morgan fingerprint density at radius 3 is 2.67 bits per heavy atom. The Kier molecular flexibility index (Phi) is 6.33. The van der Waals surface area contributed by atoms with Gasteiger partial charge in [-0.15, -0.1) is 5.10 Å². The molecular weight excluding hydrogens is 268 g/mol. The van der Waals surface area contributed by atoms with Gasteiger partial charge >= 0.3 is 0 Å². The molecule has 21 heavy (non-hydrogen) atoms. The summed E-state index contributed by atoms with van der Waals surface area (Å²) in [6.07, 6.45) is 2.94. The first-order chi connectivity index (χ1) is 9.69. The Hall–Kier alpha value is -1.43. The SMILES string of the molecule is CC(C)CCn1cc(C(=O)NCC(C)(C)CC(C)O)nn1. The molecule has 1 amide bonds. The van der Waals surface area contributed by atoms with Crippen LogP contribution in [0.2, 0.25) is 0 Å². The average molecular weight is 296 g/mol. The highest BCUT2D eigenvalue weighted by Gasteiger charge is 2.22. The lowest BCUT2D eigenvalue weighted by atomic mass is 9.87. The van der Waals surface area contributed by atoms with Crippen LogP contribution in [0.5, 0.6) is 0 Å². The number of nitrogens with one attached hydrogen (secondary N) is 1. The lowest BCUT2D eigenvalue weighted by Gasteiger charge is -2.26. The molecule has 1 aromatic heterocycles. The summed E-state index contributed by atoms with van der Waals surface area (Å²) in [5, 5.41) is 20.2. The molecule has 0 bridgehead atoms. The van der Waals surface area contributed by atoms with Crippen molar-refractivity contribution in [3.05, 3.63) is 11.9 Å². The maximum Gasteiger partial charge on any atom is 0.273 e. The third kappa shape index (κ3) is 6.71. The van der Waals surface area contributed by atoms with Gasteiger partial charge in [0.2, 0.25) is 0 Å². The van der Waals surface area contributed by atoms with Gasteiger partial charge in [-0.3, -0.25) is 9.48 Å². The van der Waals surface area contributed by atoms with Crippen LogP contribution < -0.4 is 5.32 Å². The smallest absolute Gasteiger partial charge is 0.273 e. The van der Waals surface area contributed by atoms with Crippen molar-refractivity contribution in [1.29, 1.82) is 0 Å². The molecule has 0 aliphatic heterocycles. The number of rotatable bonds is 8. The number of nitrogens with zero attached hydrogens (tertiary/aromatic N) is 3. The van der Waals surface area contributed by atoms with E-state index in [9.17, 15) is 9.90 Å². The zero-order valence-corrected chi connectivity index (χ0v) is 13.8. The van der Waals surface area contributed by atoms with Gasteiger partial charge in [-0.05, 0) is 31.1 Å². The number of aryl methyl sites for hydroxylation is 1. The van der Waals surface area contributed by atoms with Crippen molar-refractivity contribution >= 4 is 5.91 Å². The van der Waals surface area contributed by atoms with Crippen molar-refractivity contribution in [2.45, 2.75) is 60.1 Å². The molecule has 0 radical (unpaired) electrons. The number of carbonyl (C=O) groups is 1. The fourth-order valence-electron chi connectivity index (χ4n) is 2.18. The predicted molar refractivity (Wildman–Crippen MR) is 81.9 cm³/mol. The molecule has 6 nitrogen and oxygen atoms in total. The minimum absolute atomic E-state index is 0.155. The molecule has 1 rings (SSSR count). The van der Waals surface area contributed by atoms with Gasteiger partial charge < -0.3 is 10.4 Å². The van der Waals surface area contributed by atoms with Crippen molar-refractivity contribution in [2.24, 2.45) is 11.3 Å². The lowest BCUT2D eigenvalue weighted by molar-refractivity contribution is 0.0897. The van der Waals surface area contributed by atoms with Gasteiger partial charge in [0.15, 0.2) is 5.69 Å². The van der Waals surface area contributed by atoms with Crippen molar-refractivity contribution in [2.75, 3.05) is 6.54 Å². The Bertz CT molecular complexity index is 452. The number of carbonyl (C=O) groups excluding carboxylic acids is 1. The number of hydrogen-bond donors (Lipinski definition) is 2. The molecular formula is C15H28N4O2. The van der Waals surface area contributed by atoms with Gasteiger partial charge in [0.05, 0.1) is 12.3 Å². The summed E-state index contributed by atoms with van der Waals surface area (Å²) in [7, 11) is 0. The second-order valence-corrected chi connectivity index (χ2v) is 6.95. The monoisotopic (exact) mass is 296 g/mol. The Balaban J connectivity index is 2.49. The van der Waals surface area contributed by atoms with E-state index in [1.54, 1.807) is 17.8 Å². The molecule has 1 aromatic rings. The van der Waals surface area contributed by atoms with E-state index >= 15 is 0 Å². The summed E-state index contributed by atoms with van der Waals surface area (Å²) >= 11 is 0. The van der Waals surface area contributed by atoms with E-state index in [0.717, 1.165) is 13.0 Å². The fraction of sp³-hybridized carbons (Fsp3) is 0.800. The van der Waals surface area contributed by atoms with Gasteiger partial charge in [0.25, 0.3) is 5.91 Å². The number of amides is 1. The Morgan fingerprint density at radius 2 is 2.10 bits per heavy atom. The van der Waals surface area contributed by atoms with E-state index in [4.69, 9.17) is 0 Å². The molecule has 1 atom stereocenters. The second-order valence-electron chi connectivity index (χ2n) is 6.95. The van der Waals surface area contributed by atoms with Crippen molar-refractivity contribution < 1.29 is 9.90 Å². The van der Waals surface area contributed by atoms with Gasteiger partial charge in [-0.25, -0.2) is 0 Å². The normalized spacial score (nSPS) is 13.5. The molecule has 1 heterocycles. The first kappa shape index (κ1) is 17.6. The van der Waals surface area contributed by atoms with E-state index in [1.807, 2.05) is 13.8 Å². The van der Waals surface area contributed by atoms with E-state index in [-0.39, 0.29) is 17.4 Å². The van der Waals surface area contributed by atoms with Crippen LogP contribution in [0.15, 0.2) is 6.20 Å². The van der Waals surface area contributed by atoms with Crippen LogP contribution in [0.25, 0.3) is 0 Å².